The van der Waals surface area contributed by atoms with Crippen molar-refractivity contribution in [1.29, 1.82) is 0 Å². The standard InChI is InChI=1S/C16H26N2O/c1-5-16(6-2,18(3)4)15(17)13-7-8-14-12(11-13)9-10-19-14/h7-8,11,15H,5-6,9-10,17H2,1-4H3. The first kappa shape index (κ1) is 14.4. The molecule has 1 aromatic rings. The summed E-state index contributed by atoms with van der Waals surface area (Å²) in [5, 5.41) is 0. The van der Waals surface area contributed by atoms with Crippen molar-refractivity contribution in [3.8, 4) is 5.75 Å². The lowest BCUT2D eigenvalue weighted by molar-refractivity contribution is 0.106. The van der Waals surface area contributed by atoms with Gasteiger partial charge in [0.15, 0.2) is 0 Å². The molecule has 1 heterocycles. The first-order valence-electron chi connectivity index (χ1n) is 7.23. The predicted octanol–water partition coefficient (Wildman–Crippen LogP) is 2.74. The molecule has 0 radical (unpaired) electrons. The first-order valence-corrected chi connectivity index (χ1v) is 7.23. The van der Waals surface area contributed by atoms with Gasteiger partial charge in [0.25, 0.3) is 0 Å². The predicted molar refractivity (Wildman–Crippen MR) is 79.6 cm³/mol. The minimum Gasteiger partial charge on any atom is -0.493 e. The second-order valence-corrected chi connectivity index (χ2v) is 5.65. The maximum Gasteiger partial charge on any atom is 0.122 e. The van der Waals surface area contributed by atoms with Gasteiger partial charge in [0.05, 0.1) is 6.61 Å². The van der Waals surface area contributed by atoms with Crippen LogP contribution < -0.4 is 10.5 Å². The summed E-state index contributed by atoms with van der Waals surface area (Å²) in [7, 11) is 4.26. The Morgan fingerprint density at radius 2 is 2.00 bits per heavy atom. The van der Waals surface area contributed by atoms with Crippen molar-refractivity contribution >= 4 is 0 Å². The lowest BCUT2D eigenvalue weighted by Gasteiger charge is -2.43. The summed E-state index contributed by atoms with van der Waals surface area (Å²) in [5.74, 6) is 1.03. The van der Waals surface area contributed by atoms with E-state index < -0.39 is 0 Å². The van der Waals surface area contributed by atoms with Crippen LogP contribution in [0.4, 0.5) is 0 Å². The summed E-state index contributed by atoms with van der Waals surface area (Å²) < 4.78 is 5.57. The fourth-order valence-corrected chi connectivity index (χ4v) is 3.31. The number of ether oxygens (including phenoxy) is 1. The van der Waals surface area contributed by atoms with E-state index in [0.29, 0.717) is 0 Å². The van der Waals surface area contributed by atoms with E-state index in [2.05, 4.69) is 51.0 Å². The molecule has 1 aliphatic heterocycles. The fraction of sp³-hybridized carbons (Fsp3) is 0.625. The number of fused-ring (bicyclic) bond motifs is 1. The van der Waals surface area contributed by atoms with E-state index in [1.54, 1.807) is 0 Å². The Bertz CT molecular complexity index is 438. The number of likely N-dealkylation sites (N-methyl/N-ethyl adjacent to an activating group) is 1. The quantitative estimate of drug-likeness (QED) is 0.886. The summed E-state index contributed by atoms with van der Waals surface area (Å²) in [4.78, 5) is 2.28. The number of benzene rings is 1. The third-order valence-electron chi connectivity index (χ3n) is 4.77. The number of hydrogen-bond donors (Lipinski definition) is 1. The molecule has 0 aromatic heterocycles. The van der Waals surface area contributed by atoms with Crippen molar-refractivity contribution in [2.24, 2.45) is 5.73 Å². The highest BCUT2D eigenvalue weighted by molar-refractivity contribution is 5.41. The summed E-state index contributed by atoms with van der Waals surface area (Å²) in [6, 6.07) is 6.46. The van der Waals surface area contributed by atoms with Gasteiger partial charge in [-0.05, 0) is 44.1 Å². The van der Waals surface area contributed by atoms with Crippen molar-refractivity contribution in [2.45, 2.75) is 44.7 Å². The van der Waals surface area contributed by atoms with Crippen LogP contribution in [0.2, 0.25) is 0 Å². The maximum absolute atomic E-state index is 6.61. The van der Waals surface area contributed by atoms with E-state index in [9.17, 15) is 0 Å². The normalized spacial score (nSPS) is 16.3. The fourth-order valence-electron chi connectivity index (χ4n) is 3.31. The molecular weight excluding hydrogens is 236 g/mol. The molecule has 0 saturated carbocycles. The number of nitrogens with two attached hydrogens (primary N) is 1. The zero-order chi connectivity index (χ0) is 14.0. The molecule has 1 aliphatic rings. The third-order valence-corrected chi connectivity index (χ3v) is 4.77. The van der Waals surface area contributed by atoms with Crippen LogP contribution in [0.3, 0.4) is 0 Å². The Morgan fingerprint density at radius 1 is 1.32 bits per heavy atom. The molecule has 0 saturated heterocycles. The Morgan fingerprint density at radius 3 is 2.58 bits per heavy atom. The van der Waals surface area contributed by atoms with Crippen LogP contribution in [0.1, 0.15) is 43.9 Å². The Kier molecular flexibility index (Phi) is 4.16. The van der Waals surface area contributed by atoms with Gasteiger partial charge in [-0.2, -0.15) is 0 Å². The van der Waals surface area contributed by atoms with E-state index in [1.807, 2.05) is 0 Å². The Labute approximate surface area is 116 Å². The van der Waals surface area contributed by atoms with Crippen LogP contribution in [-0.2, 0) is 6.42 Å². The van der Waals surface area contributed by atoms with Crippen LogP contribution in [0, 0.1) is 0 Å². The molecule has 106 valence electrons. The Balaban J connectivity index is 2.34. The van der Waals surface area contributed by atoms with Crippen LogP contribution >= 0.6 is 0 Å². The average Bonchev–Trinajstić information content (AvgIpc) is 2.87. The molecule has 2 N–H and O–H groups in total. The summed E-state index contributed by atoms with van der Waals surface area (Å²) in [5.41, 5.74) is 9.15. The molecule has 0 spiro atoms. The molecule has 0 fully saturated rings. The van der Waals surface area contributed by atoms with E-state index in [1.165, 1.54) is 11.1 Å². The van der Waals surface area contributed by atoms with Gasteiger partial charge in [0.1, 0.15) is 5.75 Å². The van der Waals surface area contributed by atoms with Crippen LogP contribution in [0.15, 0.2) is 18.2 Å². The van der Waals surface area contributed by atoms with Crippen molar-refractivity contribution in [2.75, 3.05) is 20.7 Å². The zero-order valence-corrected chi connectivity index (χ0v) is 12.6. The topological polar surface area (TPSA) is 38.5 Å². The molecule has 1 atom stereocenters. The third kappa shape index (κ3) is 2.37. The zero-order valence-electron chi connectivity index (χ0n) is 12.6. The largest absolute Gasteiger partial charge is 0.493 e. The molecule has 0 bridgehead atoms. The number of rotatable bonds is 5. The van der Waals surface area contributed by atoms with Crippen molar-refractivity contribution in [3.05, 3.63) is 29.3 Å². The number of nitrogens with zero attached hydrogens (tertiary/aromatic N) is 1. The molecule has 0 aliphatic carbocycles. The molecule has 3 heteroatoms. The average molecular weight is 262 g/mol. The van der Waals surface area contributed by atoms with Crippen LogP contribution in [0.25, 0.3) is 0 Å². The molecule has 3 nitrogen and oxygen atoms in total. The van der Waals surface area contributed by atoms with Gasteiger partial charge >= 0.3 is 0 Å². The maximum atomic E-state index is 6.61. The summed E-state index contributed by atoms with van der Waals surface area (Å²) in [6.07, 6.45) is 3.10. The molecule has 1 unspecified atom stereocenters. The molecule has 1 aromatic carbocycles. The molecule has 0 amide bonds. The highest BCUT2D eigenvalue weighted by Crippen LogP contribution is 2.36. The minimum atomic E-state index is 0.0215. The molecule has 19 heavy (non-hydrogen) atoms. The second-order valence-electron chi connectivity index (χ2n) is 5.65. The van der Waals surface area contributed by atoms with Crippen molar-refractivity contribution < 1.29 is 4.74 Å². The highest BCUT2D eigenvalue weighted by Gasteiger charge is 2.36. The van der Waals surface area contributed by atoms with Crippen LogP contribution in [0.5, 0.6) is 5.75 Å². The van der Waals surface area contributed by atoms with Gasteiger partial charge in [-0.25, -0.2) is 0 Å². The molecular formula is C16H26N2O. The second kappa shape index (κ2) is 5.51. The number of hydrogen-bond acceptors (Lipinski definition) is 3. The van der Waals surface area contributed by atoms with E-state index in [-0.39, 0.29) is 11.6 Å². The minimum absolute atomic E-state index is 0.0215. The van der Waals surface area contributed by atoms with E-state index in [4.69, 9.17) is 10.5 Å². The van der Waals surface area contributed by atoms with Gasteiger partial charge in [0, 0.05) is 18.0 Å². The van der Waals surface area contributed by atoms with Gasteiger partial charge in [-0.1, -0.05) is 26.0 Å². The Hall–Kier alpha value is -1.06. The summed E-state index contributed by atoms with van der Waals surface area (Å²) in [6.45, 7) is 5.24. The monoisotopic (exact) mass is 262 g/mol. The van der Waals surface area contributed by atoms with Gasteiger partial charge in [-0.15, -0.1) is 0 Å². The molecule has 2 rings (SSSR count). The lowest BCUT2D eigenvalue weighted by Crippen LogP contribution is -2.51. The highest BCUT2D eigenvalue weighted by atomic mass is 16.5. The smallest absolute Gasteiger partial charge is 0.122 e. The van der Waals surface area contributed by atoms with Crippen LogP contribution in [-0.4, -0.2) is 31.1 Å². The van der Waals surface area contributed by atoms with Crippen molar-refractivity contribution in [1.82, 2.24) is 4.90 Å². The lowest BCUT2D eigenvalue weighted by atomic mass is 9.80. The van der Waals surface area contributed by atoms with E-state index in [0.717, 1.165) is 31.6 Å². The van der Waals surface area contributed by atoms with Crippen molar-refractivity contribution in [3.63, 3.8) is 0 Å². The van der Waals surface area contributed by atoms with Gasteiger partial charge in [0.2, 0.25) is 0 Å². The van der Waals surface area contributed by atoms with E-state index >= 15 is 0 Å². The van der Waals surface area contributed by atoms with Gasteiger partial charge < -0.3 is 15.4 Å². The van der Waals surface area contributed by atoms with Gasteiger partial charge in [-0.3, -0.25) is 0 Å². The summed E-state index contributed by atoms with van der Waals surface area (Å²) >= 11 is 0. The first-order chi connectivity index (χ1) is 9.05. The SMILES string of the molecule is CCC(CC)(C(N)c1ccc2c(c1)CCO2)N(C)C.